The first-order valence-electron chi connectivity index (χ1n) is 7.33. The number of rotatable bonds is 6. The van der Waals surface area contributed by atoms with Crippen molar-refractivity contribution < 1.29 is 23.2 Å². The van der Waals surface area contributed by atoms with Crippen LogP contribution in [0.3, 0.4) is 0 Å². The summed E-state index contributed by atoms with van der Waals surface area (Å²) in [6, 6.07) is 10.2. The third kappa shape index (κ3) is 4.71. The lowest BCUT2D eigenvalue weighted by atomic mass is 10.2. The van der Waals surface area contributed by atoms with Crippen LogP contribution in [0.25, 0.3) is 11.4 Å². The molecule has 3 aromatic rings. The van der Waals surface area contributed by atoms with E-state index in [-0.39, 0.29) is 35.8 Å². The fourth-order valence-corrected chi connectivity index (χ4v) is 2.41. The van der Waals surface area contributed by atoms with Crippen molar-refractivity contribution in [3.05, 3.63) is 64.2 Å². The molecule has 0 atom stereocenters. The van der Waals surface area contributed by atoms with Gasteiger partial charge in [0.15, 0.2) is 13.2 Å². The van der Waals surface area contributed by atoms with Gasteiger partial charge in [-0.25, -0.2) is 9.18 Å². The highest BCUT2D eigenvalue weighted by Gasteiger charge is 2.12. The van der Waals surface area contributed by atoms with Gasteiger partial charge in [0.05, 0.1) is 5.02 Å². The summed E-state index contributed by atoms with van der Waals surface area (Å²) in [7, 11) is 0. The second-order valence-corrected chi connectivity index (χ2v) is 5.89. The Morgan fingerprint density at radius 2 is 1.92 bits per heavy atom. The summed E-state index contributed by atoms with van der Waals surface area (Å²) < 4.78 is 28.1. The molecule has 0 spiro atoms. The van der Waals surface area contributed by atoms with Crippen LogP contribution in [0.2, 0.25) is 10.0 Å². The van der Waals surface area contributed by atoms with Gasteiger partial charge in [-0.15, -0.1) is 0 Å². The van der Waals surface area contributed by atoms with E-state index in [2.05, 4.69) is 10.1 Å². The number of carbonyl (C=O) groups excluding carboxylic acids is 1. The van der Waals surface area contributed by atoms with Crippen molar-refractivity contribution in [3.8, 4) is 17.1 Å². The van der Waals surface area contributed by atoms with Crippen molar-refractivity contribution in [2.75, 3.05) is 6.61 Å². The van der Waals surface area contributed by atoms with Gasteiger partial charge in [0.25, 0.3) is 5.89 Å². The molecule has 6 nitrogen and oxygen atoms in total. The summed E-state index contributed by atoms with van der Waals surface area (Å²) in [6.45, 7) is -0.564. The van der Waals surface area contributed by atoms with E-state index in [1.54, 1.807) is 12.1 Å². The van der Waals surface area contributed by atoms with Gasteiger partial charge in [0, 0.05) is 10.6 Å². The number of hydrogen-bond donors (Lipinski definition) is 0. The summed E-state index contributed by atoms with van der Waals surface area (Å²) in [4.78, 5) is 15.8. The Bertz CT molecular complexity index is 915. The van der Waals surface area contributed by atoms with Crippen LogP contribution in [0, 0.1) is 5.82 Å². The van der Waals surface area contributed by atoms with E-state index < -0.39 is 5.97 Å². The normalized spacial score (nSPS) is 10.6. The van der Waals surface area contributed by atoms with Gasteiger partial charge in [-0.3, -0.25) is 0 Å². The Morgan fingerprint density at radius 1 is 1.15 bits per heavy atom. The van der Waals surface area contributed by atoms with E-state index >= 15 is 0 Å². The minimum absolute atomic E-state index is 0.0993. The van der Waals surface area contributed by atoms with Crippen molar-refractivity contribution in [1.82, 2.24) is 10.1 Å². The first kappa shape index (κ1) is 18.2. The van der Waals surface area contributed by atoms with Crippen LogP contribution in [0.4, 0.5) is 4.39 Å². The minimum atomic E-state index is -0.641. The zero-order chi connectivity index (χ0) is 18.5. The number of hydrogen-bond acceptors (Lipinski definition) is 6. The number of nitrogens with zero attached hydrogens (tertiary/aromatic N) is 2. The number of aromatic nitrogens is 2. The SMILES string of the molecule is O=C(COc1ccc(Cl)cc1Cl)OCc1nc(-c2ccc(F)cc2)no1. The number of carbonyl (C=O) groups is 1. The first-order chi connectivity index (χ1) is 12.5. The lowest BCUT2D eigenvalue weighted by Gasteiger charge is -2.07. The fraction of sp³-hybridized carbons (Fsp3) is 0.118. The van der Waals surface area contributed by atoms with Crippen LogP contribution < -0.4 is 4.74 Å². The molecule has 0 radical (unpaired) electrons. The zero-order valence-electron chi connectivity index (χ0n) is 13.1. The molecule has 0 aliphatic rings. The topological polar surface area (TPSA) is 74.5 Å². The first-order valence-corrected chi connectivity index (χ1v) is 8.09. The molecule has 0 aliphatic heterocycles. The summed E-state index contributed by atoms with van der Waals surface area (Å²) in [5.74, 6) is -0.336. The molecule has 0 N–H and O–H groups in total. The number of ether oxygens (including phenoxy) is 2. The molecule has 0 saturated heterocycles. The quantitative estimate of drug-likeness (QED) is 0.578. The van der Waals surface area contributed by atoms with Crippen molar-refractivity contribution in [3.63, 3.8) is 0 Å². The van der Waals surface area contributed by atoms with Gasteiger partial charge in [0.1, 0.15) is 11.6 Å². The predicted octanol–water partition coefficient (Wildman–Crippen LogP) is 4.30. The maximum Gasteiger partial charge on any atom is 0.344 e. The second kappa shape index (κ2) is 8.16. The van der Waals surface area contributed by atoms with Crippen molar-refractivity contribution in [2.45, 2.75) is 6.61 Å². The maximum absolute atomic E-state index is 12.9. The number of esters is 1. The molecule has 0 saturated carbocycles. The molecule has 9 heteroatoms. The van der Waals surface area contributed by atoms with Crippen molar-refractivity contribution >= 4 is 29.2 Å². The largest absolute Gasteiger partial charge is 0.480 e. The van der Waals surface area contributed by atoms with Crippen LogP contribution >= 0.6 is 23.2 Å². The van der Waals surface area contributed by atoms with Gasteiger partial charge < -0.3 is 14.0 Å². The van der Waals surface area contributed by atoms with Crippen LogP contribution in [0.15, 0.2) is 47.0 Å². The molecule has 1 aromatic heterocycles. The van der Waals surface area contributed by atoms with Gasteiger partial charge in [0.2, 0.25) is 5.82 Å². The van der Waals surface area contributed by atoms with Crippen LogP contribution in [-0.4, -0.2) is 22.7 Å². The molecular formula is C17H11Cl2FN2O4. The van der Waals surface area contributed by atoms with Gasteiger partial charge in [-0.05, 0) is 42.5 Å². The Hall–Kier alpha value is -2.64. The number of halogens is 3. The molecular weight excluding hydrogens is 386 g/mol. The maximum atomic E-state index is 12.9. The lowest BCUT2D eigenvalue weighted by Crippen LogP contribution is -2.15. The molecule has 134 valence electrons. The van der Waals surface area contributed by atoms with Gasteiger partial charge >= 0.3 is 5.97 Å². The molecule has 26 heavy (non-hydrogen) atoms. The molecule has 1 heterocycles. The van der Waals surface area contributed by atoms with Crippen LogP contribution in [0.1, 0.15) is 5.89 Å². The highest BCUT2D eigenvalue weighted by molar-refractivity contribution is 6.35. The van der Waals surface area contributed by atoms with Crippen molar-refractivity contribution in [1.29, 1.82) is 0 Å². The molecule has 2 aromatic carbocycles. The standard InChI is InChI=1S/C17H11Cl2FN2O4/c18-11-3-6-14(13(19)7-11)24-9-16(23)25-8-15-21-17(22-26-15)10-1-4-12(20)5-2-10/h1-7H,8-9H2. The molecule has 0 bridgehead atoms. The highest BCUT2D eigenvalue weighted by Crippen LogP contribution is 2.27. The molecule has 0 amide bonds. The van der Waals surface area contributed by atoms with E-state index in [1.165, 1.54) is 30.3 Å². The van der Waals surface area contributed by atoms with Gasteiger partial charge in [-0.1, -0.05) is 28.4 Å². The lowest BCUT2D eigenvalue weighted by molar-refractivity contribution is -0.148. The summed E-state index contributed by atoms with van der Waals surface area (Å²) in [5, 5.41) is 4.49. The van der Waals surface area contributed by atoms with Gasteiger partial charge in [-0.2, -0.15) is 4.98 Å². The van der Waals surface area contributed by atoms with Crippen molar-refractivity contribution in [2.24, 2.45) is 0 Å². The Morgan fingerprint density at radius 3 is 2.65 bits per heavy atom. The van der Waals surface area contributed by atoms with E-state index in [0.29, 0.717) is 16.3 Å². The zero-order valence-corrected chi connectivity index (χ0v) is 14.6. The Balaban J connectivity index is 1.51. The average Bonchev–Trinajstić information content (AvgIpc) is 3.09. The summed E-state index contributed by atoms with van der Waals surface area (Å²) in [5.41, 5.74) is 0.577. The molecule has 3 rings (SSSR count). The smallest absolute Gasteiger partial charge is 0.344 e. The highest BCUT2D eigenvalue weighted by atomic mass is 35.5. The fourth-order valence-electron chi connectivity index (χ4n) is 1.94. The summed E-state index contributed by atoms with van der Waals surface area (Å²) in [6.07, 6.45) is 0. The third-order valence-corrected chi connectivity index (χ3v) is 3.70. The van der Waals surface area contributed by atoms with E-state index in [9.17, 15) is 9.18 Å². The van der Waals surface area contributed by atoms with E-state index in [1.807, 2.05) is 0 Å². The number of benzene rings is 2. The minimum Gasteiger partial charge on any atom is -0.480 e. The molecule has 0 aliphatic carbocycles. The predicted molar refractivity (Wildman–Crippen MR) is 91.4 cm³/mol. The average molecular weight is 397 g/mol. The van der Waals surface area contributed by atoms with E-state index in [0.717, 1.165) is 0 Å². The third-order valence-electron chi connectivity index (χ3n) is 3.17. The summed E-state index contributed by atoms with van der Waals surface area (Å²) >= 11 is 11.7. The molecule has 0 fully saturated rings. The monoisotopic (exact) mass is 396 g/mol. The molecule has 0 unspecified atom stereocenters. The van der Waals surface area contributed by atoms with Crippen LogP contribution in [0.5, 0.6) is 5.75 Å². The second-order valence-electron chi connectivity index (χ2n) is 5.04. The Labute approximate surface area is 157 Å². The van der Waals surface area contributed by atoms with Crippen LogP contribution in [-0.2, 0) is 16.1 Å². The van der Waals surface area contributed by atoms with E-state index in [4.69, 9.17) is 37.2 Å². The Kier molecular flexibility index (Phi) is 5.70.